The number of nitrogens with zero attached hydrogens (tertiary/aromatic N) is 4. The molecule has 0 unspecified atom stereocenters. The number of likely N-dealkylation sites (tertiary alicyclic amines) is 1. The smallest absolute Gasteiger partial charge is 0.203 e. The second-order valence-electron chi connectivity index (χ2n) is 12.0. The van der Waals surface area contributed by atoms with Crippen LogP contribution in [0, 0.1) is 0 Å². The number of benzene rings is 3. The van der Waals surface area contributed by atoms with Gasteiger partial charge in [0.05, 0.1) is 46.9 Å². The van der Waals surface area contributed by atoms with Gasteiger partial charge in [0.15, 0.2) is 11.5 Å². The SMILES string of the molecule is COc1ccc(N(Cc2ccnc(-c3cc(OC)c(OC)c(OC)c3)c2)C2CCN(Cc3ccnc(-c4ccccc4OC)c3)CC2)cc1. The molecule has 1 aliphatic rings. The predicted octanol–water partition coefficient (Wildman–Crippen LogP) is 7.52. The maximum absolute atomic E-state index is 5.61. The van der Waals surface area contributed by atoms with Crippen molar-refractivity contribution >= 4 is 5.69 Å². The summed E-state index contributed by atoms with van der Waals surface area (Å²) < 4.78 is 27.8. The number of aromatic nitrogens is 2. The molecule has 0 radical (unpaired) electrons. The van der Waals surface area contributed by atoms with E-state index < -0.39 is 0 Å². The Hall–Kier alpha value is -5.28. The lowest BCUT2D eigenvalue weighted by Crippen LogP contribution is -2.44. The van der Waals surface area contributed by atoms with Gasteiger partial charge in [0, 0.05) is 61.4 Å². The zero-order valence-corrected chi connectivity index (χ0v) is 28.9. The molecule has 49 heavy (non-hydrogen) atoms. The van der Waals surface area contributed by atoms with Crippen molar-refractivity contribution in [3.05, 3.63) is 108 Å². The number of ether oxygens (including phenoxy) is 5. The molecule has 0 N–H and O–H groups in total. The first-order chi connectivity index (χ1) is 24.0. The van der Waals surface area contributed by atoms with Gasteiger partial charge in [-0.2, -0.15) is 0 Å². The first-order valence-corrected chi connectivity index (χ1v) is 16.5. The van der Waals surface area contributed by atoms with E-state index in [2.05, 4.69) is 57.2 Å². The molecule has 3 heterocycles. The number of anilines is 1. The minimum absolute atomic E-state index is 0.365. The molecule has 1 aliphatic heterocycles. The maximum Gasteiger partial charge on any atom is 0.203 e. The molecule has 0 saturated carbocycles. The molecule has 9 nitrogen and oxygen atoms in total. The van der Waals surface area contributed by atoms with Crippen LogP contribution in [0.15, 0.2) is 97.3 Å². The number of pyridine rings is 2. The Bertz CT molecular complexity index is 1810. The molecule has 0 aliphatic carbocycles. The highest BCUT2D eigenvalue weighted by molar-refractivity contribution is 5.69. The molecule has 3 aromatic carbocycles. The van der Waals surface area contributed by atoms with Crippen LogP contribution in [0.2, 0.25) is 0 Å². The van der Waals surface area contributed by atoms with Gasteiger partial charge in [-0.3, -0.25) is 14.9 Å². The third-order valence-electron chi connectivity index (χ3n) is 9.15. The summed E-state index contributed by atoms with van der Waals surface area (Å²) in [7, 11) is 8.26. The Labute approximate surface area is 289 Å². The van der Waals surface area contributed by atoms with Crippen LogP contribution in [-0.4, -0.2) is 69.5 Å². The zero-order valence-electron chi connectivity index (χ0n) is 28.9. The molecule has 1 saturated heterocycles. The molecular formula is C40H44N4O5. The van der Waals surface area contributed by atoms with Crippen molar-refractivity contribution < 1.29 is 23.7 Å². The van der Waals surface area contributed by atoms with Crippen LogP contribution in [0.1, 0.15) is 24.0 Å². The number of rotatable bonds is 13. The van der Waals surface area contributed by atoms with Gasteiger partial charge < -0.3 is 28.6 Å². The Morgan fingerprint density at radius 3 is 1.94 bits per heavy atom. The van der Waals surface area contributed by atoms with E-state index in [1.165, 1.54) is 11.3 Å². The molecule has 2 aromatic heterocycles. The maximum atomic E-state index is 5.61. The number of para-hydroxylation sites is 1. The fourth-order valence-corrected chi connectivity index (χ4v) is 6.58. The largest absolute Gasteiger partial charge is 0.497 e. The van der Waals surface area contributed by atoms with Crippen LogP contribution < -0.4 is 28.6 Å². The second-order valence-corrected chi connectivity index (χ2v) is 12.0. The van der Waals surface area contributed by atoms with Gasteiger partial charge in [0.1, 0.15) is 11.5 Å². The van der Waals surface area contributed by atoms with Gasteiger partial charge in [0.25, 0.3) is 0 Å². The summed E-state index contributed by atoms with van der Waals surface area (Å²) in [6.45, 7) is 3.61. The van der Waals surface area contributed by atoms with Crippen LogP contribution in [0.25, 0.3) is 22.5 Å². The Balaban J connectivity index is 1.20. The van der Waals surface area contributed by atoms with Crippen LogP contribution in [0.5, 0.6) is 28.7 Å². The van der Waals surface area contributed by atoms with Gasteiger partial charge in [0.2, 0.25) is 5.75 Å². The summed E-state index contributed by atoms with van der Waals surface area (Å²) in [4.78, 5) is 14.4. The van der Waals surface area contributed by atoms with E-state index in [9.17, 15) is 0 Å². The number of methoxy groups -OCH3 is 5. The van der Waals surface area contributed by atoms with Gasteiger partial charge in [-0.05, 0) is 96.8 Å². The molecule has 0 bridgehead atoms. The van der Waals surface area contributed by atoms with E-state index in [0.29, 0.717) is 23.3 Å². The van der Waals surface area contributed by atoms with Crippen LogP contribution in [-0.2, 0) is 13.1 Å². The normalized spacial score (nSPS) is 13.5. The van der Waals surface area contributed by atoms with Crippen molar-refractivity contribution in [2.75, 3.05) is 53.5 Å². The summed E-state index contributed by atoms with van der Waals surface area (Å²) in [5.41, 5.74) is 7.25. The summed E-state index contributed by atoms with van der Waals surface area (Å²) >= 11 is 0. The number of hydrogen-bond donors (Lipinski definition) is 0. The summed E-state index contributed by atoms with van der Waals surface area (Å²) in [6, 6.07) is 29.2. The van der Waals surface area contributed by atoms with Crippen molar-refractivity contribution in [2.45, 2.75) is 32.0 Å². The average Bonchev–Trinajstić information content (AvgIpc) is 3.17. The summed E-state index contributed by atoms with van der Waals surface area (Å²) in [5.74, 6) is 3.42. The van der Waals surface area contributed by atoms with Crippen molar-refractivity contribution in [3.63, 3.8) is 0 Å². The van der Waals surface area contributed by atoms with Crippen molar-refractivity contribution in [2.24, 2.45) is 0 Å². The fourth-order valence-electron chi connectivity index (χ4n) is 6.58. The van der Waals surface area contributed by atoms with E-state index in [1.807, 2.05) is 54.9 Å². The van der Waals surface area contributed by atoms with Gasteiger partial charge >= 0.3 is 0 Å². The lowest BCUT2D eigenvalue weighted by Gasteiger charge is -2.40. The molecule has 5 aromatic rings. The quantitative estimate of drug-likeness (QED) is 0.127. The highest BCUT2D eigenvalue weighted by Crippen LogP contribution is 2.41. The lowest BCUT2D eigenvalue weighted by molar-refractivity contribution is 0.201. The predicted molar refractivity (Wildman–Crippen MR) is 193 cm³/mol. The first-order valence-electron chi connectivity index (χ1n) is 16.5. The Morgan fingerprint density at radius 2 is 1.29 bits per heavy atom. The van der Waals surface area contributed by atoms with Crippen molar-refractivity contribution in [1.82, 2.24) is 14.9 Å². The minimum atomic E-state index is 0.365. The van der Waals surface area contributed by atoms with Gasteiger partial charge in [-0.25, -0.2) is 0 Å². The Morgan fingerprint density at radius 1 is 0.653 bits per heavy atom. The third-order valence-corrected chi connectivity index (χ3v) is 9.15. The average molecular weight is 661 g/mol. The number of piperidine rings is 1. The van der Waals surface area contributed by atoms with E-state index in [4.69, 9.17) is 28.7 Å². The van der Waals surface area contributed by atoms with E-state index in [-0.39, 0.29) is 0 Å². The standard InChI is InChI=1S/C40H44N4O5/c1-45-33-12-10-31(11-13-33)44(27-29-15-18-41-35(22-29)30-24-38(47-3)40(49-5)39(25-30)48-4)32-16-20-43(21-17-32)26-28-14-19-42-36(23-28)34-8-6-7-9-37(34)46-2/h6-15,18-19,22-25,32H,16-17,20-21,26-27H2,1-5H3. The molecule has 0 amide bonds. The molecule has 6 rings (SSSR count). The molecule has 254 valence electrons. The monoisotopic (exact) mass is 660 g/mol. The highest BCUT2D eigenvalue weighted by atomic mass is 16.5. The molecular weight excluding hydrogens is 616 g/mol. The van der Waals surface area contributed by atoms with Crippen LogP contribution in [0.4, 0.5) is 5.69 Å². The Kier molecular flexibility index (Phi) is 10.8. The topological polar surface area (TPSA) is 78.4 Å². The van der Waals surface area contributed by atoms with Crippen molar-refractivity contribution in [3.8, 4) is 51.3 Å². The molecule has 0 spiro atoms. The van der Waals surface area contributed by atoms with Gasteiger partial charge in [-0.15, -0.1) is 0 Å². The minimum Gasteiger partial charge on any atom is -0.497 e. The second kappa shape index (κ2) is 15.7. The summed E-state index contributed by atoms with van der Waals surface area (Å²) in [5, 5.41) is 0. The van der Waals surface area contributed by atoms with E-state index in [0.717, 1.165) is 78.6 Å². The lowest BCUT2D eigenvalue weighted by atomic mass is 10.00. The highest BCUT2D eigenvalue weighted by Gasteiger charge is 2.26. The molecule has 1 fully saturated rings. The van der Waals surface area contributed by atoms with Crippen molar-refractivity contribution in [1.29, 1.82) is 0 Å². The van der Waals surface area contributed by atoms with Crippen LogP contribution in [0.3, 0.4) is 0 Å². The molecule has 9 heteroatoms. The zero-order chi connectivity index (χ0) is 34.2. The van der Waals surface area contributed by atoms with Gasteiger partial charge in [-0.1, -0.05) is 12.1 Å². The van der Waals surface area contributed by atoms with E-state index in [1.54, 1.807) is 35.5 Å². The fraction of sp³-hybridized carbons (Fsp3) is 0.300. The summed E-state index contributed by atoms with van der Waals surface area (Å²) in [6.07, 6.45) is 5.86. The number of hydrogen-bond acceptors (Lipinski definition) is 9. The molecule has 0 atom stereocenters. The first kappa shape index (κ1) is 33.6. The third kappa shape index (κ3) is 7.73. The van der Waals surface area contributed by atoms with Crippen LogP contribution >= 0.6 is 0 Å². The van der Waals surface area contributed by atoms with E-state index >= 15 is 0 Å².